The largest absolute Gasteiger partial charge is 0.479 e. The van der Waals surface area contributed by atoms with Gasteiger partial charge in [-0.25, -0.2) is 4.79 Å². The van der Waals surface area contributed by atoms with Gasteiger partial charge in [-0.3, -0.25) is 0 Å². The van der Waals surface area contributed by atoms with E-state index >= 15 is 0 Å². The molecule has 0 aliphatic carbocycles. The number of carbonyl (C=O) groups is 1. The fourth-order valence-electron chi connectivity index (χ4n) is 0.998. The topological polar surface area (TPSA) is 59.1 Å². The van der Waals surface area contributed by atoms with Crippen LogP contribution in [0.25, 0.3) is 0 Å². The molecule has 0 radical (unpaired) electrons. The number of benzene rings is 1. The quantitative estimate of drug-likeness (QED) is 0.729. The number of hydrogen-bond acceptors (Lipinski definition) is 3. The molecule has 0 saturated carbocycles. The maximum absolute atomic E-state index is 10.5. The van der Waals surface area contributed by atoms with Crippen LogP contribution in [0.5, 0.6) is 17.2 Å². The Balaban J connectivity index is 2.12. The van der Waals surface area contributed by atoms with E-state index in [0.29, 0.717) is 11.5 Å². The van der Waals surface area contributed by atoms with Gasteiger partial charge in [0, 0.05) is 0 Å². The highest BCUT2D eigenvalue weighted by molar-refractivity contribution is 5.73. The zero-order chi connectivity index (χ0) is 9.42. The third kappa shape index (κ3) is 1.42. The summed E-state index contributed by atoms with van der Waals surface area (Å²) >= 11 is 0. The summed E-state index contributed by atoms with van der Waals surface area (Å²) in [4.78, 5) is 10.5. The lowest BCUT2D eigenvalue weighted by atomic mass is 10.3. The first-order chi connectivity index (χ1) is 6.18. The van der Waals surface area contributed by atoms with Gasteiger partial charge in [0.25, 0.3) is 0 Å². The Morgan fingerprint density at radius 1 is 1.62 bits per heavy atom. The Morgan fingerprint density at radius 2 is 2.38 bits per heavy atom. The monoisotopic (exact) mass is 180 g/mol. The second-order valence-electron chi connectivity index (χ2n) is 2.78. The van der Waals surface area contributed by atoms with Crippen molar-refractivity contribution in [2.45, 2.75) is 13.0 Å². The highest BCUT2D eigenvalue weighted by atomic mass is 16.6. The number of para-hydroxylation sites is 1. The minimum absolute atomic E-state index is 0.493. The molecule has 0 fully saturated rings. The van der Waals surface area contributed by atoms with Crippen LogP contribution >= 0.6 is 0 Å². The maximum Gasteiger partial charge on any atom is 0.344 e. The molecule has 1 aliphatic rings. The van der Waals surface area contributed by atoms with E-state index in [4.69, 9.17) is 14.6 Å². The van der Waals surface area contributed by atoms with Crippen LogP contribution in [0.15, 0.2) is 18.2 Å². The molecule has 0 aromatic heterocycles. The maximum atomic E-state index is 10.5. The third-order valence-corrected chi connectivity index (χ3v) is 1.76. The van der Waals surface area contributed by atoms with Crippen molar-refractivity contribution in [3.8, 4) is 17.2 Å². The first-order valence-corrected chi connectivity index (χ1v) is 3.89. The molecule has 68 valence electrons. The minimum atomic E-state index is -0.988. The van der Waals surface area contributed by atoms with Gasteiger partial charge in [-0.15, -0.1) is 0 Å². The normalized spacial score (nSPS) is 13.9. The first-order valence-electron chi connectivity index (χ1n) is 3.89. The highest BCUT2D eigenvalue weighted by Crippen LogP contribution is 2.52. The molecular formula is C9H8O4. The summed E-state index contributed by atoms with van der Waals surface area (Å²) < 4.78 is 10.2. The number of carboxylic acid groups (broad SMARTS) is 1. The summed E-state index contributed by atoms with van der Waals surface area (Å²) in [6, 6.07) is 5.24. The standard InChI is InChI=1S/C9H8O4/c1-5(9(10)11)12-6-3-2-4-7-8(6)13-7/h2-5H,1H3,(H,10,11). The SMILES string of the molecule is CC(Oc1cccc2c1O2)C(=O)O. The summed E-state index contributed by atoms with van der Waals surface area (Å²) in [5.41, 5.74) is 0. The van der Waals surface area contributed by atoms with E-state index in [1.807, 2.05) is 0 Å². The molecule has 1 aromatic carbocycles. The lowest BCUT2D eigenvalue weighted by molar-refractivity contribution is -0.144. The molecule has 0 saturated heterocycles. The number of rotatable bonds is 3. The van der Waals surface area contributed by atoms with Gasteiger partial charge in [-0.2, -0.15) is 0 Å². The molecule has 2 rings (SSSR count). The summed E-state index contributed by atoms with van der Waals surface area (Å²) in [5.74, 6) is 0.913. The fraction of sp³-hybridized carbons (Fsp3) is 0.222. The third-order valence-electron chi connectivity index (χ3n) is 1.76. The Bertz CT molecular complexity index is 359. The van der Waals surface area contributed by atoms with Crippen molar-refractivity contribution < 1.29 is 19.4 Å². The van der Waals surface area contributed by atoms with Gasteiger partial charge >= 0.3 is 5.97 Å². The second-order valence-corrected chi connectivity index (χ2v) is 2.78. The lowest BCUT2D eigenvalue weighted by Crippen LogP contribution is -2.22. The molecule has 4 heteroatoms. The van der Waals surface area contributed by atoms with Crippen molar-refractivity contribution in [1.29, 1.82) is 0 Å². The van der Waals surface area contributed by atoms with Gasteiger partial charge in [0.2, 0.25) is 5.75 Å². The van der Waals surface area contributed by atoms with Crippen LogP contribution < -0.4 is 9.47 Å². The van der Waals surface area contributed by atoms with Crippen molar-refractivity contribution in [3.63, 3.8) is 0 Å². The molecule has 4 nitrogen and oxygen atoms in total. The molecule has 1 aromatic rings. The number of hydrogen-bond donors (Lipinski definition) is 1. The van der Waals surface area contributed by atoms with E-state index in [0.717, 1.165) is 5.75 Å². The van der Waals surface area contributed by atoms with Crippen LogP contribution in [-0.2, 0) is 4.79 Å². The Hall–Kier alpha value is -1.71. The van der Waals surface area contributed by atoms with Crippen molar-refractivity contribution in [2.75, 3.05) is 0 Å². The van der Waals surface area contributed by atoms with Crippen molar-refractivity contribution >= 4 is 5.97 Å². The molecular weight excluding hydrogens is 172 g/mol. The number of aliphatic carboxylic acids is 1. The van der Waals surface area contributed by atoms with E-state index in [1.165, 1.54) is 6.92 Å². The van der Waals surface area contributed by atoms with Crippen LogP contribution in [0.3, 0.4) is 0 Å². The van der Waals surface area contributed by atoms with Gasteiger partial charge in [0.15, 0.2) is 17.6 Å². The summed E-state index contributed by atoms with van der Waals surface area (Å²) in [6.45, 7) is 1.48. The highest BCUT2D eigenvalue weighted by Gasteiger charge is 2.27. The minimum Gasteiger partial charge on any atom is -0.479 e. The van der Waals surface area contributed by atoms with Crippen molar-refractivity contribution in [2.24, 2.45) is 0 Å². The fourth-order valence-corrected chi connectivity index (χ4v) is 0.998. The average Bonchev–Trinajstić information content (AvgIpc) is 2.83. The predicted molar refractivity (Wildman–Crippen MR) is 44.2 cm³/mol. The Labute approximate surface area is 74.7 Å². The van der Waals surface area contributed by atoms with Crippen molar-refractivity contribution in [3.05, 3.63) is 18.2 Å². The first kappa shape index (κ1) is 7.91. The van der Waals surface area contributed by atoms with E-state index in [-0.39, 0.29) is 0 Å². The molecule has 0 bridgehead atoms. The molecule has 13 heavy (non-hydrogen) atoms. The van der Waals surface area contributed by atoms with Crippen LogP contribution in [0.4, 0.5) is 0 Å². The molecule has 1 N–H and O–H groups in total. The van der Waals surface area contributed by atoms with Crippen LogP contribution in [-0.4, -0.2) is 17.2 Å². The molecule has 1 unspecified atom stereocenters. The lowest BCUT2D eigenvalue weighted by Gasteiger charge is -2.07. The molecule has 0 spiro atoms. The predicted octanol–water partition coefficient (Wildman–Crippen LogP) is 1.64. The Kier molecular flexibility index (Phi) is 1.62. The Morgan fingerprint density at radius 3 is 3.08 bits per heavy atom. The number of ether oxygens (including phenoxy) is 2. The summed E-state index contributed by atoms with van der Waals surface area (Å²) in [5, 5.41) is 8.59. The smallest absolute Gasteiger partial charge is 0.344 e. The molecule has 0 amide bonds. The van der Waals surface area contributed by atoms with E-state index in [9.17, 15) is 4.79 Å². The summed E-state index contributed by atoms with van der Waals surface area (Å²) in [7, 11) is 0. The van der Waals surface area contributed by atoms with E-state index in [2.05, 4.69) is 0 Å². The summed E-state index contributed by atoms with van der Waals surface area (Å²) in [6.07, 6.45) is -0.851. The molecule has 1 heterocycles. The second kappa shape index (κ2) is 2.65. The van der Waals surface area contributed by atoms with Gasteiger partial charge in [-0.05, 0) is 19.1 Å². The zero-order valence-electron chi connectivity index (χ0n) is 6.98. The van der Waals surface area contributed by atoms with E-state index in [1.54, 1.807) is 18.2 Å². The van der Waals surface area contributed by atoms with Gasteiger partial charge in [-0.1, -0.05) is 6.07 Å². The zero-order valence-corrected chi connectivity index (χ0v) is 6.98. The number of fused-ring (bicyclic) bond motifs is 1. The molecule has 1 atom stereocenters. The van der Waals surface area contributed by atoms with Crippen LogP contribution in [0.2, 0.25) is 0 Å². The molecule has 1 aliphatic heterocycles. The van der Waals surface area contributed by atoms with Gasteiger partial charge < -0.3 is 14.6 Å². The van der Waals surface area contributed by atoms with E-state index < -0.39 is 12.1 Å². The van der Waals surface area contributed by atoms with Crippen molar-refractivity contribution in [1.82, 2.24) is 0 Å². The van der Waals surface area contributed by atoms with Gasteiger partial charge in [0.05, 0.1) is 0 Å². The van der Waals surface area contributed by atoms with Crippen LogP contribution in [0, 0.1) is 0 Å². The van der Waals surface area contributed by atoms with Gasteiger partial charge in [0.1, 0.15) is 0 Å². The van der Waals surface area contributed by atoms with Crippen LogP contribution in [0.1, 0.15) is 6.92 Å². The average molecular weight is 180 g/mol. The number of carboxylic acids is 1.